The first kappa shape index (κ1) is 11.9. The standard InChI is InChI=1S/C14H18N2O/c1-11-8-9-12(10-15)14(17)16(11)13-6-4-2-3-5-7-13/h8-9,13H,2-7H2,1H3. The average molecular weight is 230 g/mol. The van der Waals surface area contributed by atoms with Gasteiger partial charge in [0.2, 0.25) is 0 Å². The van der Waals surface area contributed by atoms with E-state index < -0.39 is 0 Å². The molecule has 0 spiro atoms. The molecule has 2 rings (SSSR count). The van der Waals surface area contributed by atoms with Gasteiger partial charge in [-0.2, -0.15) is 5.26 Å². The van der Waals surface area contributed by atoms with Gasteiger partial charge in [-0.3, -0.25) is 4.79 Å². The second-order valence-corrected chi connectivity index (χ2v) is 4.82. The molecule has 17 heavy (non-hydrogen) atoms. The van der Waals surface area contributed by atoms with Crippen LogP contribution in [0.5, 0.6) is 0 Å². The van der Waals surface area contributed by atoms with Crippen LogP contribution in [0.3, 0.4) is 0 Å². The summed E-state index contributed by atoms with van der Waals surface area (Å²) in [7, 11) is 0. The van der Waals surface area contributed by atoms with Gasteiger partial charge < -0.3 is 4.57 Å². The molecule has 1 heterocycles. The van der Waals surface area contributed by atoms with Crippen molar-refractivity contribution >= 4 is 0 Å². The van der Waals surface area contributed by atoms with Gasteiger partial charge in [-0.25, -0.2) is 0 Å². The molecular formula is C14H18N2O. The predicted octanol–water partition coefficient (Wildman–Crippen LogP) is 2.92. The van der Waals surface area contributed by atoms with Crippen LogP contribution in [-0.4, -0.2) is 4.57 Å². The molecule has 0 unspecified atom stereocenters. The average Bonchev–Trinajstić information content (AvgIpc) is 2.58. The van der Waals surface area contributed by atoms with E-state index in [-0.39, 0.29) is 11.1 Å². The van der Waals surface area contributed by atoms with E-state index in [4.69, 9.17) is 5.26 Å². The van der Waals surface area contributed by atoms with Gasteiger partial charge in [-0.15, -0.1) is 0 Å². The lowest BCUT2D eigenvalue weighted by atomic mass is 10.1. The van der Waals surface area contributed by atoms with Crippen molar-refractivity contribution in [1.82, 2.24) is 4.57 Å². The molecule has 1 aromatic rings. The summed E-state index contributed by atoms with van der Waals surface area (Å²) >= 11 is 0. The molecule has 0 atom stereocenters. The molecule has 0 saturated heterocycles. The van der Waals surface area contributed by atoms with Gasteiger partial charge in [0, 0.05) is 11.7 Å². The van der Waals surface area contributed by atoms with E-state index >= 15 is 0 Å². The molecule has 0 bridgehead atoms. The summed E-state index contributed by atoms with van der Waals surface area (Å²) in [6, 6.07) is 5.78. The van der Waals surface area contributed by atoms with Crippen molar-refractivity contribution in [3.05, 3.63) is 33.7 Å². The lowest BCUT2D eigenvalue weighted by Gasteiger charge is -2.20. The summed E-state index contributed by atoms with van der Waals surface area (Å²) < 4.78 is 1.84. The molecule has 1 aliphatic carbocycles. The lowest BCUT2D eigenvalue weighted by Crippen LogP contribution is -2.28. The van der Waals surface area contributed by atoms with Crippen LogP contribution >= 0.6 is 0 Å². The van der Waals surface area contributed by atoms with Crippen LogP contribution in [0.1, 0.15) is 55.8 Å². The Morgan fingerprint density at radius 1 is 1.24 bits per heavy atom. The number of nitriles is 1. The van der Waals surface area contributed by atoms with E-state index in [1.807, 2.05) is 23.6 Å². The molecule has 3 heteroatoms. The van der Waals surface area contributed by atoms with Crippen molar-refractivity contribution in [2.45, 2.75) is 51.5 Å². The molecule has 3 nitrogen and oxygen atoms in total. The number of pyridine rings is 1. The number of rotatable bonds is 1. The molecule has 0 radical (unpaired) electrons. The Hall–Kier alpha value is -1.56. The van der Waals surface area contributed by atoms with Crippen LogP contribution in [-0.2, 0) is 0 Å². The first-order valence-electron chi connectivity index (χ1n) is 6.36. The molecule has 0 aliphatic heterocycles. The third kappa shape index (κ3) is 2.41. The van der Waals surface area contributed by atoms with E-state index in [1.54, 1.807) is 6.07 Å². The number of hydrogen-bond acceptors (Lipinski definition) is 2. The van der Waals surface area contributed by atoms with Gasteiger partial charge in [-0.05, 0) is 31.9 Å². The quantitative estimate of drug-likeness (QED) is 0.696. The van der Waals surface area contributed by atoms with E-state index in [2.05, 4.69) is 0 Å². The molecule has 0 amide bonds. The predicted molar refractivity (Wildman–Crippen MR) is 66.9 cm³/mol. The SMILES string of the molecule is Cc1ccc(C#N)c(=O)n1C1CCCCCC1. The highest BCUT2D eigenvalue weighted by atomic mass is 16.1. The summed E-state index contributed by atoms with van der Waals surface area (Å²) in [5.74, 6) is 0. The minimum Gasteiger partial charge on any atom is -0.309 e. The largest absolute Gasteiger partial charge is 0.309 e. The maximum atomic E-state index is 12.2. The zero-order valence-corrected chi connectivity index (χ0v) is 10.3. The molecule has 0 aromatic carbocycles. The van der Waals surface area contributed by atoms with Crippen molar-refractivity contribution in [2.75, 3.05) is 0 Å². The fourth-order valence-electron chi connectivity index (χ4n) is 2.70. The highest BCUT2D eigenvalue weighted by molar-refractivity contribution is 5.27. The fourth-order valence-corrected chi connectivity index (χ4v) is 2.70. The highest BCUT2D eigenvalue weighted by Gasteiger charge is 2.17. The molecular weight excluding hydrogens is 212 g/mol. The zero-order chi connectivity index (χ0) is 12.3. The van der Waals surface area contributed by atoms with Crippen molar-refractivity contribution in [3.63, 3.8) is 0 Å². The van der Waals surface area contributed by atoms with Gasteiger partial charge in [0.15, 0.2) is 0 Å². The number of nitrogens with zero attached hydrogens (tertiary/aromatic N) is 2. The molecule has 1 saturated carbocycles. The van der Waals surface area contributed by atoms with Crippen molar-refractivity contribution in [1.29, 1.82) is 5.26 Å². The maximum absolute atomic E-state index is 12.2. The van der Waals surface area contributed by atoms with E-state index in [0.717, 1.165) is 18.5 Å². The first-order chi connectivity index (χ1) is 8.24. The zero-order valence-electron chi connectivity index (χ0n) is 10.3. The molecule has 90 valence electrons. The molecule has 1 fully saturated rings. The normalized spacial score (nSPS) is 17.4. The second kappa shape index (κ2) is 5.18. The Morgan fingerprint density at radius 2 is 1.88 bits per heavy atom. The van der Waals surface area contributed by atoms with E-state index in [1.165, 1.54) is 25.7 Å². The first-order valence-corrected chi connectivity index (χ1v) is 6.36. The molecule has 1 aromatic heterocycles. The Bertz CT molecular complexity index is 488. The van der Waals surface area contributed by atoms with Gasteiger partial charge in [0.1, 0.15) is 11.6 Å². The maximum Gasteiger partial charge on any atom is 0.268 e. The Labute approximate surface area is 102 Å². The Balaban J connectivity index is 2.43. The summed E-state index contributed by atoms with van der Waals surface area (Å²) in [5, 5.41) is 8.92. The highest BCUT2D eigenvalue weighted by Crippen LogP contribution is 2.26. The number of aromatic nitrogens is 1. The number of aryl methyl sites for hydroxylation is 1. The van der Waals surface area contributed by atoms with Gasteiger partial charge in [0.05, 0.1) is 0 Å². The molecule has 1 aliphatic rings. The van der Waals surface area contributed by atoms with Crippen molar-refractivity contribution < 1.29 is 0 Å². The van der Waals surface area contributed by atoms with Crippen LogP contribution in [0.2, 0.25) is 0 Å². The van der Waals surface area contributed by atoms with Crippen LogP contribution in [0.25, 0.3) is 0 Å². The minimum atomic E-state index is -0.112. The van der Waals surface area contributed by atoms with E-state index in [9.17, 15) is 4.79 Å². The Kier molecular flexibility index (Phi) is 3.63. The molecule has 0 N–H and O–H groups in total. The van der Waals surface area contributed by atoms with Crippen molar-refractivity contribution in [3.8, 4) is 6.07 Å². The van der Waals surface area contributed by atoms with Gasteiger partial charge in [0.25, 0.3) is 5.56 Å². The van der Waals surface area contributed by atoms with Crippen LogP contribution < -0.4 is 5.56 Å². The summed E-state index contributed by atoms with van der Waals surface area (Å²) in [5.41, 5.74) is 1.13. The summed E-state index contributed by atoms with van der Waals surface area (Å²) in [6.07, 6.45) is 7.04. The second-order valence-electron chi connectivity index (χ2n) is 4.82. The monoisotopic (exact) mass is 230 g/mol. The summed E-state index contributed by atoms with van der Waals surface area (Å²) in [6.45, 7) is 1.95. The van der Waals surface area contributed by atoms with E-state index in [0.29, 0.717) is 6.04 Å². The lowest BCUT2D eigenvalue weighted by molar-refractivity contribution is 0.424. The summed E-state index contributed by atoms with van der Waals surface area (Å²) in [4.78, 5) is 12.2. The smallest absolute Gasteiger partial charge is 0.268 e. The third-order valence-electron chi connectivity index (χ3n) is 3.63. The van der Waals surface area contributed by atoms with Crippen LogP contribution in [0, 0.1) is 18.3 Å². The van der Waals surface area contributed by atoms with Crippen LogP contribution in [0.4, 0.5) is 0 Å². The van der Waals surface area contributed by atoms with Crippen LogP contribution in [0.15, 0.2) is 16.9 Å². The minimum absolute atomic E-state index is 0.112. The van der Waals surface area contributed by atoms with Gasteiger partial charge in [-0.1, -0.05) is 25.7 Å². The van der Waals surface area contributed by atoms with Crippen molar-refractivity contribution in [2.24, 2.45) is 0 Å². The van der Waals surface area contributed by atoms with Gasteiger partial charge >= 0.3 is 0 Å². The Morgan fingerprint density at radius 3 is 2.47 bits per heavy atom. The number of hydrogen-bond donors (Lipinski definition) is 0. The topological polar surface area (TPSA) is 45.8 Å². The fraction of sp³-hybridized carbons (Fsp3) is 0.571. The third-order valence-corrected chi connectivity index (χ3v) is 3.63.